The maximum atomic E-state index is 12.2. The van der Waals surface area contributed by atoms with E-state index in [0.717, 1.165) is 44.5 Å². The van der Waals surface area contributed by atoms with Crippen LogP contribution in [0, 0.1) is 0 Å². The van der Waals surface area contributed by atoms with Gasteiger partial charge in [-0.2, -0.15) is 0 Å². The van der Waals surface area contributed by atoms with Crippen molar-refractivity contribution >= 4 is 15.7 Å². The third kappa shape index (κ3) is 4.98. The number of rotatable bonds is 7. The van der Waals surface area contributed by atoms with Crippen LogP contribution in [0.15, 0.2) is 29.2 Å². The number of nitrogens with one attached hydrogen (secondary N) is 2. The monoisotopic (exact) mass is 312 g/mol. The van der Waals surface area contributed by atoms with Crippen molar-refractivity contribution in [1.82, 2.24) is 4.72 Å². The summed E-state index contributed by atoms with van der Waals surface area (Å²) in [6.07, 6.45) is 4.12. The minimum Gasteiger partial charge on any atom is -0.385 e. The van der Waals surface area contributed by atoms with E-state index in [9.17, 15) is 8.42 Å². The molecule has 1 aliphatic heterocycles. The lowest BCUT2D eigenvalue weighted by Crippen LogP contribution is -2.35. The van der Waals surface area contributed by atoms with Crippen molar-refractivity contribution in [2.24, 2.45) is 0 Å². The second kappa shape index (κ2) is 7.77. The SMILES string of the molecule is CCCNc1ccc(S(=O)(=O)NCC2CCCCO2)cc1. The average Bonchev–Trinajstić information content (AvgIpc) is 2.52. The van der Waals surface area contributed by atoms with E-state index in [4.69, 9.17) is 4.74 Å². The van der Waals surface area contributed by atoms with Crippen molar-refractivity contribution < 1.29 is 13.2 Å². The summed E-state index contributed by atoms with van der Waals surface area (Å²) in [6, 6.07) is 6.84. The van der Waals surface area contributed by atoms with E-state index in [1.54, 1.807) is 24.3 Å². The lowest BCUT2D eigenvalue weighted by atomic mass is 10.1. The second-order valence-electron chi connectivity index (χ2n) is 5.29. The Balaban J connectivity index is 1.91. The number of anilines is 1. The molecule has 0 amide bonds. The molecule has 5 nitrogen and oxygen atoms in total. The van der Waals surface area contributed by atoms with E-state index in [-0.39, 0.29) is 6.10 Å². The average molecular weight is 312 g/mol. The molecule has 0 radical (unpaired) electrons. The Hall–Kier alpha value is -1.11. The highest BCUT2D eigenvalue weighted by atomic mass is 32.2. The highest BCUT2D eigenvalue weighted by molar-refractivity contribution is 7.89. The van der Waals surface area contributed by atoms with Gasteiger partial charge in [-0.15, -0.1) is 0 Å². The molecule has 0 aromatic heterocycles. The van der Waals surface area contributed by atoms with Crippen molar-refractivity contribution in [1.29, 1.82) is 0 Å². The smallest absolute Gasteiger partial charge is 0.240 e. The minimum absolute atomic E-state index is 0.000908. The highest BCUT2D eigenvalue weighted by Gasteiger charge is 2.19. The van der Waals surface area contributed by atoms with Crippen LogP contribution >= 0.6 is 0 Å². The number of hydrogen-bond donors (Lipinski definition) is 2. The molecule has 6 heteroatoms. The maximum Gasteiger partial charge on any atom is 0.240 e. The molecule has 1 saturated heterocycles. The zero-order chi connectivity index (χ0) is 15.1. The van der Waals surface area contributed by atoms with E-state index < -0.39 is 10.0 Å². The van der Waals surface area contributed by atoms with Crippen LogP contribution in [0.25, 0.3) is 0 Å². The number of ether oxygens (including phenoxy) is 1. The summed E-state index contributed by atoms with van der Waals surface area (Å²) in [5, 5.41) is 3.22. The van der Waals surface area contributed by atoms with Crippen LogP contribution in [0.2, 0.25) is 0 Å². The third-order valence-corrected chi connectivity index (χ3v) is 4.96. The first kappa shape index (κ1) is 16.3. The Morgan fingerprint density at radius 1 is 1.24 bits per heavy atom. The van der Waals surface area contributed by atoms with Gasteiger partial charge >= 0.3 is 0 Å². The fourth-order valence-electron chi connectivity index (χ4n) is 2.28. The zero-order valence-electron chi connectivity index (χ0n) is 12.5. The second-order valence-corrected chi connectivity index (χ2v) is 7.06. The first-order valence-corrected chi connectivity index (χ1v) is 9.05. The first-order chi connectivity index (χ1) is 10.1. The van der Waals surface area contributed by atoms with Crippen molar-refractivity contribution in [2.75, 3.05) is 25.0 Å². The van der Waals surface area contributed by atoms with Gasteiger partial charge in [-0.3, -0.25) is 0 Å². The van der Waals surface area contributed by atoms with Crippen LogP contribution < -0.4 is 10.0 Å². The Morgan fingerprint density at radius 3 is 2.62 bits per heavy atom. The molecule has 0 bridgehead atoms. The molecule has 1 aromatic rings. The summed E-state index contributed by atoms with van der Waals surface area (Å²) in [5.41, 5.74) is 0.936. The van der Waals surface area contributed by atoms with Gasteiger partial charge < -0.3 is 10.1 Å². The van der Waals surface area contributed by atoms with Gasteiger partial charge in [-0.05, 0) is 49.9 Å². The summed E-state index contributed by atoms with van der Waals surface area (Å²) >= 11 is 0. The third-order valence-electron chi connectivity index (χ3n) is 3.52. The first-order valence-electron chi connectivity index (χ1n) is 7.57. The topological polar surface area (TPSA) is 67.4 Å². The van der Waals surface area contributed by atoms with Gasteiger partial charge in [0.2, 0.25) is 10.0 Å². The molecule has 1 fully saturated rings. The summed E-state index contributed by atoms with van der Waals surface area (Å²) in [5.74, 6) is 0. The maximum absolute atomic E-state index is 12.2. The van der Waals surface area contributed by atoms with Crippen molar-refractivity contribution in [2.45, 2.75) is 43.6 Å². The van der Waals surface area contributed by atoms with E-state index in [1.165, 1.54) is 0 Å². The lowest BCUT2D eigenvalue weighted by molar-refractivity contribution is 0.0200. The summed E-state index contributed by atoms with van der Waals surface area (Å²) in [7, 11) is -3.45. The number of hydrogen-bond acceptors (Lipinski definition) is 4. The molecule has 1 heterocycles. The largest absolute Gasteiger partial charge is 0.385 e. The molecule has 2 rings (SSSR count). The van der Waals surface area contributed by atoms with Crippen LogP contribution in [0.3, 0.4) is 0 Å². The molecule has 0 saturated carbocycles. The minimum atomic E-state index is -3.45. The molecule has 1 atom stereocenters. The van der Waals surface area contributed by atoms with Gasteiger partial charge in [0.15, 0.2) is 0 Å². The van der Waals surface area contributed by atoms with Crippen molar-refractivity contribution in [3.05, 3.63) is 24.3 Å². The van der Waals surface area contributed by atoms with E-state index >= 15 is 0 Å². The predicted octanol–water partition coefficient (Wildman–Crippen LogP) is 2.36. The van der Waals surface area contributed by atoms with Crippen LogP contribution in [0.4, 0.5) is 5.69 Å². The Morgan fingerprint density at radius 2 is 2.00 bits per heavy atom. The summed E-state index contributed by atoms with van der Waals surface area (Å²) in [6.45, 7) is 4.04. The van der Waals surface area contributed by atoms with Gasteiger partial charge in [0.1, 0.15) is 0 Å². The van der Waals surface area contributed by atoms with E-state index in [2.05, 4.69) is 17.0 Å². The zero-order valence-corrected chi connectivity index (χ0v) is 13.3. The normalized spacial score (nSPS) is 19.4. The van der Waals surface area contributed by atoms with Gasteiger partial charge in [-0.25, -0.2) is 13.1 Å². The highest BCUT2D eigenvalue weighted by Crippen LogP contribution is 2.16. The fourth-order valence-corrected chi connectivity index (χ4v) is 3.34. The van der Waals surface area contributed by atoms with Gasteiger partial charge in [0.05, 0.1) is 11.0 Å². The molecule has 1 aromatic carbocycles. The fraction of sp³-hybridized carbons (Fsp3) is 0.600. The molecule has 21 heavy (non-hydrogen) atoms. The molecule has 118 valence electrons. The number of sulfonamides is 1. The van der Waals surface area contributed by atoms with E-state index in [1.807, 2.05) is 0 Å². The Bertz CT molecular complexity index is 522. The van der Waals surface area contributed by atoms with Crippen LogP contribution in [-0.4, -0.2) is 34.2 Å². The summed E-state index contributed by atoms with van der Waals surface area (Å²) < 4.78 is 32.6. The van der Waals surface area contributed by atoms with Crippen LogP contribution in [0.1, 0.15) is 32.6 Å². The van der Waals surface area contributed by atoms with Crippen LogP contribution in [-0.2, 0) is 14.8 Å². The molecule has 1 aliphatic rings. The summed E-state index contributed by atoms with van der Waals surface area (Å²) in [4.78, 5) is 0.292. The van der Waals surface area contributed by atoms with Gasteiger partial charge in [-0.1, -0.05) is 6.92 Å². The van der Waals surface area contributed by atoms with Crippen molar-refractivity contribution in [3.8, 4) is 0 Å². The molecule has 0 aliphatic carbocycles. The standard InChI is InChI=1S/C15H24N2O3S/c1-2-10-16-13-6-8-15(9-7-13)21(18,19)17-12-14-5-3-4-11-20-14/h6-9,14,16-17H,2-5,10-12H2,1H3. The molecule has 1 unspecified atom stereocenters. The molecule has 2 N–H and O–H groups in total. The molecular formula is C15H24N2O3S. The Labute approximate surface area is 127 Å². The van der Waals surface area contributed by atoms with E-state index in [0.29, 0.717) is 11.4 Å². The molecule has 0 spiro atoms. The lowest BCUT2D eigenvalue weighted by Gasteiger charge is -2.22. The van der Waals surface area contributed by atoms with Crippen LogP contribution in [0.5, 0.6) is 0 Å². The predicted molar refractivity (Wildman–Crippen MR) is 84.0 cm³/mol. The molecular weight excluding hydrogens is 288 g/mol. The van der Waals surface area contributed by atoms with Gasteiger partial charge in [0, 0.05) is 25.4 Å². The quantitative estimate of drug-likeness (QED) is 0.811. The van der Waals surface area contributed by atoms with Gasteiger partial charge in [0.25, 0.3) is 0 Å². The number of benzene rings is 1. The Kier molecular flexibility index (Phi) is 6.02. The van der Waals surface area contributed by atoms with Crippen molar-refractivity contribution in [3.63, 3.8) is 0 Å².